The zero-order valence-electron chi connectivity index (χ0n) is 18.7. The summed E-state index contributed by atoms with van der Waals surface area (Å²) >= 11 is 17.4. The summed E-state index contributed by atoms with van der Waals surface area (Å²) in [7, 11) is 0. The standard InChI is InChI=1S/C23H28Cl3N3O3/c1-5-27(6-2)16-9-11-18-20(13-16)32-21-14-17(28(7-3)8-4)10-12-19(21)29(18)22(30)31-15-23(24,25)26/h9-14H,5-8,15H2,1-4H3. The van der Waals surface area contributed by atoms with Gasteiger partial charge in [-0.15, -0.1) is 0 Å². The number of amides is 1. The number of carbonyl (C=O) groups is 1. The van der Waals surface area contributed by atoms with E-state index in [0.29, 0.717) is 22.9 Å². The van der Waals surface area contributed by atoms with Crippen molar-refractivity contribution in [2.45, 2.75) is 31.5 Å². The highest BCUT2D eigenvalue weighted by Crippen LogP contribution is 2.49. The Morgan fingerprint density at radius 1 is 0.875 bits per heavy atom. The van der Waals surface area contributed by atoms with E-state index in [1.165, 1.54) is 4.90 Å². The lowest BCUT2D eigenvalue weighted by atomic mass is 10.1. The molecule has 0 unspecified atom stereocenters. The molecule has 6 nitrogen and oxygen atoms in total. The molecule has 0 spiro atoms. The van der Waals surface area contributed by atoms with Crippen molar-refractivity contribution in [3.63, 3.8) is 0 Å². The van der Waals surface area contributed by atoms with Gasteiger partial charge >= 0.3 is 6.09 Å². The molecule has 0 bridgehead atoms. The highest BCUT2D eigenvalue weighted by atomic mass is 35.6. The summed E-state index contributed by atoms with van der Waals surface area (Å²) < 4.78 is 9.89. The van der Waals surface area contributed by atoms with Crippen LogP contribution in [0.5, 0.6) is 11.5 Å². The number of fused-ring (bicyclic) bond motifs is 2. The number of hydrogen-bond donors (Lipinski definition) is 0. The molecule has 0 N–H and O–H groups in total. The number of nitrogens with zero attached hydrogens (tertiary/aromatic N) is 3. The molecule has 2 aromatic rings. The Bertz CT molecular complexity index is 896. The zero-order chi connectivity index (χ0) is 23.5. The van der Waals surface area contributed by atoms with E-state index in [-0.39, 0.29) is 6.61 Å². The van der Waals surface area contributed by atoms with Gasteiger partial charge in [0.1, 0.15) is 6.61 Å². The molecule has 0 saturated heterocycles. The molecule has 32 heavy (non-hydrogen) atoms. The van der Waals surface area contributed by atoms with Gasteiger partial charge in [-0.2, -0.15) is 0 Å². The van der Waals surface area contributed by atoms with E-state index >= 15 is 0 Å². The monoisotopic (exact) mass is 499 g/mol. The van der Waals surface area contributed by atoms with E-state index < -0.39 is 9.89 Å². The van der Waals surface area contributed by atoms with Gasteiger partial charge in [0.2, 0.25) is 3.79 Å². The minimum atomic E-state index is -1.70. The van der Waals surface area contributed by atoms with Crippen LogP contribution in [-0.4, -0.2) is 42.7 Å². The smallest absolute Gasteiger partial charge is 0.419 e. The fraction of sp³-hybridized carbons (Fsp3) is 0.435. The Balaban J connectivity index is 2.06. The first kappa shape index (κ1) is 24.6. The molecule has 0 aromatic heterocycles. The maximum absolute atomic E-state index is 13.1. The topological polar surface area (TPSA) is 45.2 Å². The number of halogens is 3. The lowest BCUT2D eigenvalue weighted by Crippen LogP contribution is -2.32. The molecule has 2 aromatic carbocycles. The van der Waals surface area contributed by atoms with Crippen LogP contribution in [0.1, 0.15) is 27.7 Å². The Morgan fingerprint density at radius 3 is 1.69 bits per heavy atom. The highest BCUT2D eigenvalue weighted by molar-refractivity contribution is 6.67. The summed E-state index contributed by atoms with van der Waals surface area (Å²) in [6, 6.07) is 11.5. The number of carbonyl (C=O) groups excluding carboxylic acids is 1. The van der Waals surface area contributed by atoms with Gasteiger partial charge in [0.15, 0.2) is 11.5 Å². The van der Waals surface area contributed by atoms with Crippen LogP contribution in [-0.2, 0) is 4.74 Å². The van der Waals surface area contributed by atoms with Crippen molar-refractivity contribution in [1.29, 1.82) is 0 Å². The van der Waals surface area contributed by atoms with Crippen molar-refractivity contribution in [2.75, 3.05) is 47.5 Å². The average molecular weight is 501 g/mol. The summed E-state index contributed by atoms with van der Waals surface area (Å²) in [4.78, 5) is 19.0. The summed E-state index contributed by atoms with van der Waals surface area (Å²) in [5.74, 6) is 1.12. The van der Waals surface area contributed by atoms with Gasteiger partial charge in [-0.3, -0.25) is 0 Å². The average Bonchev–Trinajstić information content (AvgIpc) is 2.76. The summed E-state index contributed by atoms with van der Waals surface area (Å²) in [5, 5.41) is 0. The maximum atomic E-state index is 13.1. The zero-order valence-corrected chi connectivity index (χ0v) is 21.0. The second-order valence-electron chi connectivity index (χ2n) is 7.26. The number of alkyl halides is 3. The Labute approximate surface area is 204 Å². The van der Waals surface area contributed by atoms with Gasteiger partial charge in [0, 0.05) is 49.7 Å². The van der Waals surface area contributed by atoms with Crippen molar-refractivity contribution in [3.05, 3.63) is 36.4 Å². The molecule has 174 valence electrons. The molecular formula is C23H28Cl3N3O3. The molecule has 1 amide bonds. The van der Waals surface area contributed by atoms with E-state index in [1.54, 1.807) is 0 Å². The maximum Gasteiger partial charge on any atom is 0.419 e. The minimum absolute atomic E-state index is 0.367. The van der Waals surface area contributed by atoms with Crippen LogP contribution in [0.4, 0.5) is 27.5 Å². The number of hydrogen-bond acceptors (Lipinski definition) is 5. The third-order valence-electron chi connectivity index (χ3n) is 5.39. The second kappa shape index (κ2) is 10.3. The first-order chi connectivity index (χ1) is 15.2. The van der Waals surface area contributed by atoms with Crippen molar-refractivity contribution in [3.8, 4) is 11.5 Å². The molecule has 9 heteroatoms. The van der Waals surface area contributed by atoms with Crippen LogP contribution in [0.25, 0.3) is 0 Å². The van der Waals surface area contributed by atoms with Crippen LogP contribution in [0, 0.1) is 0 Å². The van der Waals surface area contributed by atoms with Gasteiger partial charge in [-0.1, -0.05) is 34.8 Å². The Kier molecular flexibility index (Phi) is 7.91. The molecule has 0 saturated carbocycles. The molecular weight excluding hydrogens is 473 g/mol. The fourth-order valence-electron chi connectivity index (χ4n) is 3.76. The van der Waals surface area contributed by atoms with Gasteiger partial charge in [0.25, 0.3) is 0 Å². The van der Waals surface area contributed by atoms with Gasteiger partial charge in [-0.05, 0) is 52.0 Å². The van der Waals surface area contributed by atoms with Crippen LogP contribution >= 0.6 is 34.8 Å². The van der Waals surface area contributed by atoms with Crippen LogP contribution in [0.15, 0.2) is 36.4 Å². The highest BCUT2D eigenvalue weighted by Gasteiger charge is 2.33. The van der Waals surface area contributed by atoms with Crippen molar-refractivity contribution in [2.24, 2.45) is 0 Å². The third kappa shape index (κ3) is 5.30. The molecule has 1 aliphatic heterocycles. The lowest BCUT2D eigenvalue weighted by Gasteiger charge is -2.33. The fourth-order valence-corrected chi connectivity index (χ4v) is 3.93. The molecule has 1 heterocycles. The molecule has 0 aliphatic carbocycles. The summed E-state index contributed by atoms with van der Waals surface area (Å²) in [5.41, 5.74) is 3.15. The van der Waals surface area contributed by atoms with Gasteiger partial charge < -0.3 is 19.3 Å². The van der Waals surface area contributed by atoms with E-state index in [1.807, 2.05) is 36.4 Å². The quantitative estimate of drug-likeness (QED) is 0.378. The van der Waals surface area contributed by atoms with Crippen LogP contribution in [0.3, 0.4) is 0 Å². The van der Waals surface area contributed by atoms with E-state index in [9.17, 15) is 4.79 Å². The SMILES string of the molecule is CCN(CC)c1ccc2c(c1)Oc1cc(N(CC)CC)ccc1N2C(=O)OCC(Cl)(Cl)Cl. The Hall–Kier alpha value is -2.02. The first-order valence-corrected chi connectivity index (χ1v) is 11.8. The third-order valence-corrected chi connectivity index (χ3v) is 5.71. The van der Waals surface area contributed by atoms with E-state index in [0.717, 1.165) is 37.6 Å². The first-order valence-electron chi connectivity index (χ1n) is 10.7. The molecule has 1 aliphatic rings. The predicted octanol–water partition coefficient (Wildman–Crippen LogP) is 7.13. The number of benzene rings is 2. The molecule has 3 rings (SSSR count). The Morgan fingerprint density at radius 2 is 1.31 bits per heavy atom. The largest absolute Gasteiger partial charge is 0.453 e. The van der Waals surface area contributed by atoms with E-state index in [2.05, 4.69) is 37.5 Å². The van der Waals surface area contributed by atoms with Crippen molar-refractivity contribution >= 4 is 63.6 Å². The van der Waals surface area contributed by atoms with Crippen LogP contribution < -0.4 is 19.4 Å². The number of ether oxygens (including phenoxy) is 2. The van der Waals surface area contributed by atoms with Gasteiger partial charge in [-0.25, -0.2) is 9.69 Å². The molecule has 0 radical (unpaired) electrons. The predicted molar refractivity (Wildman–Crippen MR) is 134 cm³/mol. The minimum Gasteiger partial charge on any atom is -0.453 e. The van der Waals surface area contributed by atoms with Crippen LogP contribution in [0.2, 0.25) is 0 Å². The van der Waals surface area contributed by atoms with Crippen molar-refractivity contribution < 1.29 is 14.3 Å². The lowest BCUT2D eigenvalue weighted by molar-refractivity contribution is 0.158. The second-order valence-corrected chi connectivity index (χ2v) is 9.77. The van der Waals surface area contributed by atoms with Crippen molar-refractivity contribution in [1.82, 2.24) is 0 Å². The molecule has 0 fully saturated rings. The van der Waals surface area contributed by atoms with Gasteiger partial charge in [0.05, 0.1) is 11.4 Å². The normalized spacial score (nSPS) is 12.5. The summed E-state index contributed by atoms with van der Waals surface area (Å²) in [6.07, 6.45) is -0.645. The molecule has 0 atom stereocenters. The summed E-state index contributed by atoms with van der Waals surface area (Å²) in [6.45, 7) is 11.4. The number of rotatable bonds is 7. The number of anilines is 4. The van der Waals surface area contributed by atoms with E-state index in [4.69, 9.17) is 44.3 Å².